The van der Waals surface area contributed by atoms with Crippen molar-refractivity contribution in [2.24, 2.45) is 0 Å². The lowest BCUT2D eigenvalue weighted by atomic mass is 9.30. The fourth-order valence-corrected chi connectivity index (χ4v) is 14.8. The van der Waals surface area contributed by atoms with Crippen molar-refractivity contribution in [3.63, 3.8) is 0 Å². The van der Waals surface area contributed by atoms with E-state index in [9.17, 15) is 0 Å². The average molecular weight is 596 g/mol. The Morgan fingerprint density at radius 3 is 2.27 bits per heavy atom. The molecular weight excluding hydrogens is 565 g/mol. The molecule has 3 nitrogen and oxygen atoms in total. The van der Waals surface area contributed by atoms with Crippen molar-refractivity contribution < 1.29 is 9.47 Å². The van der Waals surface area contributed by atoms with Gasteiger partial charge in [-0.3, -0.25) is 0 Å². The lowest BCUT2D eigenvalue weighted by molar-refractivity contribution is 0.219. The lowest BCUT2D eigenvalue weighted by Gasteiger charge is -2.42. The number of hydrogen-bond acceptors (Lipinski definition) is 2. The van der Waals surface area contributed by atoms with Crippen LogP contribution in [0.3, 0.4) is 0 Å². The number of fused-ring (bicyclic) bond motifs is 9. The third-order valence-electron chi connectivity index (χ3n) is 11.3. The number of nitrogens with zero attached hydrogens (tertiary/aromatic N) is 1. The lowest BCUT2D eigenvalue weighted by Crippen LogP contribution is -2.58. The SMILES string of the molecule is C1=CC2Oc3ccccc3B3c4cc5c(cc4OC(=C1)C32)C[Si]1(C5)Cc2cc3c4ccccc4n(-c4ccccc4)c3cc2C1. The summed E-state index contributed by atoms with van der Waals surface area (Å²) < 4.78 is 15.7. The Balaban J connectivity index is 1.00. The van der Waals surface area contributed by atoms with Gasteiger partial charge in [-0.1, -0.05) is 66.7 Å². The van der Waals surface area contributed by atoms with Crippen molar-refractivity contribution >= 4 is 47.5 Å². The summed E-state index contributed by atoms with van der Waals surface area (Å²) in [7, 11) is -1.62. The molecule has 1 spiro atoms. The van der Waals surface area contributed by atoms with Crippen LogP contribution in [0.1, 0.15) is 22.3 Å². The minimum Gasteiger partial charge on any atom is -0.487 e. The molecule has 0 amide bonds. The normalized spacial score (nSPS) is 23.2. The summed E-state index contributed by atoms with van der Waals surface area (Å²) >= 11 is 0. The largest absolute Gasteiger partial charge is 0.487 e. The molecule has 0 saturated heterocycles. The molecule has 4 aliphatic heterocycles. The molecule has 3 atom stereocenters. The van der Waals surface area contributed by atoms with Crippen LogP contribution in [0.4, 0.5) is 0 Å². The number of rotatable bonds is 1. The molecule has 0 bridgehead atoms. The summed E-state index contributed by atoms with van der Waals surface area (Å²) in [6.07, 6.45) is 6.47. The Morgan fingerprint density at radius 1 is 0.644 bits per heavy atom. The van der Waals surface area contributed by atoms with E-state index in [0.29, 0.717) is 0 Å². The van der Waals surface area contributed by atoms with Crippen molar-refractivity contribution in [1.82, 2.24) is 4.57 Å². The molecule has 5 aliphatic rings. The highest BCUT2D eigenvalue weighted by Crippen LogP contribution is 2.46. The minimum atomic E-state index is -1.62. The maximum atomic E-state index is 6.71. The highest BCUT2D eigenvalue weighted by atomic mass is 28.3. The molecule has 5 aromatic carbocycles. The van der Waals surface area contributed by atoms with Gasteiger partial charge in [0, 0.05) is 22.3 Å². The number of para-hydroxylation sites is 3. The van der Waals surface area contributed by atoms with E-state index in [2.05, 4.69) is 126 Å². The Kier molecular flexibility index (Phi) is 4.75. The predicted octanol–water partition coefficient (Wildman–Crippen LogP) is 6.87. The molecule has 0 N–H and O–H groups in total. The summed E-state index contributed by atoms with van der Waals surface area (Å²) in [6.45, 7) is 0.260. The highest BCUT2D eigenvalue weighted by molar-refractivity contribution is 6.89. The van der Waals surface area contributed by atoms with Gasteiger partial charge in [0.25, 0.3) is 0 Å². The molecule has 3 unspecified atom stereocenters. The Bertz CT molecular complexity index is 2320. The Labute approximate surface area is 263 Å². The van der Waals surface area contributed by atoms with Gasteiger partial charge in [-0.25, -0.2) is 0 Å². The molecule has 6 aromatic rings. The molecule has 0 saturated carbocycles. The molecule has 0 fully saturated rings. The zero-order chi connectivity index (χ0) is 29.3. The van der Waals surface area contributed by atoms with Crippen LogP contribution in [-0.2, 0) is 24.2 Å². The molecule has 11 rings (SSSR count). The van der Waals surface area contributed by atoms with Crippen molar-refractivity contribution in [2.75, 3.05) is 0 Å². The van der Waals surface area contributed by atoms with Crippen molar-refractivity contribution in [3.05, 3.63) is 149 Å². The quantitative estimate of drug-likeness (QED) is 0.194. The third-order valence-corrected chi connectivity index (χ3v) is 15.8. The first-order valence-corrected chi connectivity index (χ1v) is 19.1. The smallest absolute Gasteiger partial charge is 0.234 e. The zero-order valence-corrected chi connectivity index (χ0v) is 25.9. The molecule has 214 valence electrons. The van der Waals surface area contributed by atoms with Gasteiger partial charge in [-0.2, -0.15) is 0 Å². The maximum Gasteiger partial charge on any atom is 0.234 e. The van der Waals surface area contributed by atoms with Crippen LogP contribution in [0.5, 0.6) is 11.5 Å². The molecule has 5 heterocycles. The van der Waals surface area contributed by atoms with Crippen LogP contribution in [0.25, 0.3) is 27.5 Å². The van der Waals surface area contributed by atoms with Gasteiger partial charge in [0.05, 0.1) is 19.1 Å². The van der Waals surface area contributed by atoms with Crippen LogP contribution in [0.15, 0.2) is 127 Å². The van der Waals surface area contributed by atoms with Crippen LogP contribution in [0, 0.1) is 0 Å². The van der Waals surface area contributed by atoms with Crippen molar-refractivity contribution in [1.29, 1.82) is 0 Å². The molecule has 45 heavy (non-hydrogen) atoms. The van der Waals surface area contributed by atoms with Gasteiger partial charge in [-0.15, -0.1) is 0 Å². The third kappa shape index (κ3) is 3.37. The molecule has 1 aromatic heterocycles. The van der Waals surface area contributed by atoms with Gasteiger partial charge in [-0.05, 0) is 112 Å². The Morgan fingerprint density at radius 2 is 1.38 bits per heavy atom. The first-order valence-electron chi connectivity index (χ1n) is 16.3. The van der Waals surface area contributed by atoms with E-state index in [0.717, 1.165) is 17.3 Å². The first-order chi connectivity index (χ1) is 22.2. The highest BCUT2D eigenvalue weighted by Gasteiger charge is 2.50. The summed E-state index contributed by atoms with van der Waals surface area (Å²) in [5.41, 5.74) is 12.8. The van der Waals surface area contributed by atoms with E-state index in [1.165, 1.54) is 68.2 Å². The second kappa shape index (κ2) is 8.70. The van der Waals surface area contributed by atoms with Crippen LogP contribution >= 0.6 is 0 Å². The fourth-order valence-electron chi connectivity index (χ4n) is 9.52. The molecule has 5 heteroatoms. The molecule has 0 radical (unpaired) electrons. The summed E-state index contributed by atoms with van der Waals surface area (Å²) in [5.74, 6) is 3.31. The van der Waals surface area contributed by atoms with Gasteiger partial charge in [0.1, 0.15) is 23.4 Å². The number of allylic oxidation sites excluding steroid dienone is 2. The number of hydrogen-bond donors (Lipinski definition) is 0. The summed E-state index contributed by atoms with van der Waals surface area (Å²) in [4.78, 5) is 0. The van der Waals surface area contributed by atoms with Gasteiger partial charge in [0.2, 0.25) is 6.71 Å². The average Bonchev–Trinajstić information content (AvgIpc) is 3.71. The van der Waals surface area contributed by atoms with Gasteiger partial charge < -0.3 is 14.0 Å². The second-order valence-corrected chi connectivity index (χ2v) is 18.3. The van der Waals surface area contributed by atoms with E-state index < -0.39 is 8.07 Å². The zero-order valence-electron chi connectivity index (χ0n) is 24.9. The summed E-state index contributed by atoms with van der Waals surface area (Å²) in [5, 5.41) is 2.73. The number of ether oxygens (including phenoxy) is 2. The van der Waals surface area contributed by atoms with Crippen LogP contribution in [-0.4, -0.2) is 25.5 Å². The van der Waals surface area contributed by atoms with E-state index >= 15 is 0 Å². The van der Waals surface area contributed by atoms with Crippen molar-refractivity contribution in [2.45, 2.75) is 36.1 Å². The van der Waals surface area contributed by atoms with Gasteiger partial charge in [0.15, 0.2) is 0 Å². The first kappa shape index (κ1) is 24.6. The Hall–Kier alpha value is -4.74. The number of benzene rings is 5. The van der Waals surface area contributed by atoms with Crippen molar-refractivity contribution in [3.8, 4) is 17.2 Å². The minimum absolute atomic E-state index is 0.0129. The van der Waals surface area contributed by atoms with E-state index in [4.69, 9.17) is 9.47 Å². The topological polar surface area (TPSA) is 23.4 Å². The van der Waals surface area contributed by atoms with Gasteiger partial charge >= 0.3 is 0 Å². The van der Waals surface area contributed by atoms with E-state index in [1.807, 2.05) is 0 Å². The molecule has 1 aliphatic carbocycles. The van der Waals surface area contributed by atoms with Crippen LogP contribution in [0.2, 0.25) is 5.82 Å². The second-order valence-electron chi connectivity index (χ2n) is 13.9. The fraction of sp³-hybridized carbons (Fsp3) is 0.150. The number of aromatic nitrogens is 1. The molecular formula is C40H30BNO2Si. The maximum absolute atomic E-state index is 6.71. The standard InChI is InChI=1S/C40H30BNO2Si/c1-2-9-29(10-3-1)42-34-13-6-4-11-30(34)31-17-25-21-45(23-27(25)19-35(31)42)22-26-18-33-39(20-28(26)24-45)44-38-16-8-15-37-40(38)41(33)32-12-5-7-14-36(32)43-37/h1-20,37,40H,21-24H2. The van der Waals surface area contributed by atoms with E-state index in [-0.39, 0.29) is 18.6 Å². The predicted molar refractivity (Wildman–Crippen MR) is 185 cm³/mol. The van der Waals surface area contributed by atoms with Crippen LogP contribution < -0.4 is 20.4 Å². The summed E-state index contributed by atoms with van der Waals surface area (Å²) in [6, 6.07) is 43.5. The van der Waals surface area contributed by atoms with E-state index in [1.54, 1.807) is 16.7 Å². The monoisotopic (exact) mass is 595 g/mol.